The van der Waals surface area contributed by atoms with Gasteiger partial charge in [-0.15, -0.1) is 0 Å². The summed E-state index contributed by atoms with van der Waals surface area (Å²) in [6.45, 7) is 3.64. The third-order valence-corrected chi connectivity index (χ3v) is 9.82. The lowest BCUT2D eigenvalue weighted by atomic mass is 9.99. The summed E-state index contributed by atoms with van der Waals surface area (Å²) in [5.74, 6) is 0.614. The van der Waals surface area contributed by atoms with Crippen molar-refractivity contribution in [2.24, 2.45) is 7.05 Å². The Bertz CT molecular complexity index is 1980. The second kappa shape index (κ2) is 14.2. The number of halogens is 2. The molecule has 1 amide bonds. The summed E-state index contributed by atoms with van der Waals surface area (Å²) >= 11 is 14.2. The Kier molecular flexibility index (Phi) is 9.61. The van der Waals surface area contributed by atoms with E-state index in [1.165, 1.54) is 0 Å². The lowest BCUT2D eigenvalue weighted by Gasteiger charge is -2.26. The average Bonchev–Trinajstić information content (AvgIpc) is 3.64. The highest BCUT2D eigenvalue weighted by Crippen LogP contribution is 2.42. The van der Waals surface area contributed by atoms with Gasteiger partial charge in [-0.3, -0.25) is 14.8 Å². The highest BCUT2D eigenvalue weighted by Gasteiger charge is 2.22. The number of rotatable bonds is 12. The quantitative estimate of drug-likeness (QED) is 0.148. The van der Waals surface area contributed by atoms with Gasteiger partial charge in [0.1, 0.15) is 0 Å². The number of hydrogen-bond acceptors (Lipinski definition) is 8. The van der Waals surface area contributed by atoms with Crippen LogP contribution in [0.15, 0.2) is 61.1 Å². The van der Waals surface area contributed by atoms with Crippen LogP contribution in [0, 0.1) is 0 Å². The predicted molar refractivity (Wildman–Crippen MR) is 188 cm³/mol. The molecular weight excluding hydrogens is 649 g/mol. The second-order valence-corrected chi connectivity index (χ2v) is 13.0. The molecule has 0 saturated carbocycles. The first-order chi connectivity index (χ1) is 23.4. The number of pyridine rings is 3. The number of nitrogens with zero attached hydrogens (tertiary/aromatic N) is 4. The zero-order valence-corrected chi connectivity index (χ0v) is 28.4. The molecule has 4 aromatic heterocycles. The number of carbonyl (C=O) groups is 1. The molecule has 6 heterocycles. The van der Waals surface area contributed by atoms with E-state index in [1.54, 1.807) is 13.3 Å². The zero-order chi connectivity index (χ0) is 33.2. The maximum Gasteiger partial charge on any atom is 0.220 e. The number of methoxy groups -OCH3 is 1. The number of fused-ring (bicyclic) bond motifs is 1. The van der Waals surface area contributed by atoms with Gasteiger partial charge in [0.25, 0.3) is 0 Å². The van der Waals surface area contributed by atoms with Crippen molar-refractivity contribution in [2.45, 2.75) is 44.5 Å². The maximum absolute atomic E-state index is 11.5. The molecule has 2 unspecified atom stereocenters. The van der Waals surface area contributed by atoms with E-state index in [4.69, 9.17) is 42.6 Å². The third-order valence-electron chi connectivity index (χ3n) is 9.03. The fraction of sp³-hybridized carbons (Fsp3) is 0.333. The molecular formula is C36H37Cl2N7O3. The highest BCUT2D eigenvalue weighted by molar-refractivity contribution is 6.39. The van der Waals surface area contributed by atoms with E-state index >= 15 is 0 Å². The van der Waals surface area contributed by atoms with Gasteiger partial charge in [0.2, 0.25) is 11.8 Å². The number of nitrogens with one attached hydrogen (secondary N) is 3. The van der Waals surface area contributed by atoms with Crippen LogP contribution in [0.5, 0.6) is 5.88 Å². The maximum atomic E-state index is 11.5. The Hall–Kier alpha value is -4.06. The fourth-order valence-electron chi connectivity index (χ4n) is 6.34. The fourth-order valence-corrected chi connectivity index (χ4v) is 6.99. The van der Waals surface area contributed by atoms with Crippen LogP contribution in [0.2, 0.25) is 10.0 Å². The molecule has 12 heteroatoms. The molecule has 7 rings (SSSR count). The van der Waals surface area contributed by atoms with E-state index in [1.807, 2.05) is 49.6 Å². The smallest absolute Gasteiger partial charge is 0.220 e. The molecule has 1 aromatic carbocycles. The number of amides is 1. The molecule has 0 spiro atoms. The third kappa shape index (κ3) is 6.63. The monoisotopic (exact) mass is 685 g/mol. The lowest BCUT2D eigenvalue weighted by Crippen LogP contribution is -2.36. The van der Waals surface area contributed by atoms with E-state index in [9.17, 15) is 4.79 Å². The molecule has 2 saturated heterocycles. The van der Waals surface area contributed by atoms with Crippen molar-refractivity contribution in [3.8, 4) is 39.5 Å². The Morgan fingerprint density at radius 2 is 1.79 bits per heavy atom. The number of aromatic nitrogens is 4. The summed E-state index contributed by atoms with van der Waals surface area (Å²) in [7, 11) is 3.63. The molecule has 3 N–H and O–H groups in total. The number of ether oxygens (including phenoxy) is 2. The number of benzene rings is 1. The van der Waals surface area contributed by atoms with E-state index in [0.717, 1.165) is 70.4 Å². The second-order valence-electron chi connectivity index (χ2n) is 12.3. The van der Waals surface area contributed by atoms with Crippen molar-refractivity contribution < 1.29 is 14.3 Å². The minimum atomic E-state index is 0.104. The van der Waals surface area contributed by atoms with Gasteiger partial charge < -0.3 is 30.0 Å². The van der Waals surface area contributed by atoms with Crippen molar-refractivity contribution in [2.75, 3.05) is 26.8 Å². The molecule has 48 heavy (non-hydrogen) atoms. The first kappa shape index (κ1) is 32.5. The van der Waals surface area contributed by atoms with Gasteiger partial charge in [0, 0.05) is 104 Å². The van der Waals surface area contributed by atoms with Crippen LogP contribution in [-0.4, -0.2) is 64.4 Å². The minimum absolute atomic E-state index is 0.104. The lowest BCUT2D eigenvalue weighted by molar-refractivity contribution is -0.119. The SMILES string of the molecule is COc1nc(-c2cccc(-c3ccnc(-c4cnc5c(CNCC6CCO6)cn(C)c5c4)c3Cl)c2Cl)ccc1CNCC1CCC(=O)N1. The van der Waals surface area contributed by atoms with Crippen LogP contribution >= 0.6 is 23.2 Å². The number of hydrogen-bond donors (Lipinski definition) is 3. The Morgan fingerprint density at radius 3 is 2.56 bits per heavy atom. The van der Waals surface area contributed by atoms with Crippen LogP contribution < -0.4 is 20.7 Å². The van der Waals surface area contributed by atoms with Gasteiger partial charge >= 0.3 is 0 Å². The molecule has 2 atom stereocenters. The van der Waals surface area contributed by atoms with Crippen LogP contribution in [0.4, 0.5) is 0 Å². The Morgan fingerprint density at radius 1 is 1.00 bits per heavy atom. The van der Waals surface area contributed by atoms with Crippen LogP contribution in [0.25, 0.3) is 44.7 Å². The van der Waals surface area contributed by atoms with E-state index in [0.29, 0.717) is 59.5 Å². The van der Waals surface area contributed by atoms with E-state index < -0.39 is 0 Å². The van der Waals surface area contributed by atoms with Crippen LogP contribution in [0.3, 0.4) is 0 Å². The molecule has 2 aliphatic rings. The summed E-state index contributed by atoms with van der Waals surface area (Å²) in [6.07, 6.45) is 8.51. The summed E-state index contributed by atoms with van der Waals surface area (Å²) in [5.41, 5.74) is 8.39. The van der Waals surface area contributed by atoms with Gasteiger partial charge in [-0.2, -0.15) is 0 Å². The molecule has 10 nitrogen and oxygen atoms in total. The summed E-state index contributed by atoms with van der Waals surface area (Å²) in [5, 5.41) is 10.9. The van der Waals surface area contributed by atoms with Gasteiger partial charge in [0.05, 0.1) is 45.7 Å². The van der Waals surface area contributed by atoms with Crippen LogP contribution in [0.1, 0.15) is 30.4 Å². The standard InChI is InChI=1S/C36H37Cl2N7O3/c1-45-20-23(16-40-19-25-11-13-48-25)34-30(45)14-22(17-42-34)35-33(38)27(10-12-41-35)26-4-3-5-28(32(26)37)29-8-6-21(36(44-29)47-2)15-39-18-24-7-9-31(46)43-24/h3-6,8,10,12,14,17,20,24-25,39-40H,7,9,11,13,15-16,18-19H2,1-2H3,(H,43,46). The van der Waals surface area contributed by atoms with Gasteiger partial charge in [-0.05, 0) is 31.0 Å². The number of aryl methyl sites for hydroxylation is 1. The molecule has 2 aliphatic heterocycles. The van der Waals surface area contributed by atoms with Crippen molar-refractivity contribution in [1.82, 2.24) is 35.5 Å². The largest absolute Gasteiger partial charge is 0.481 e. The molecule has 248 valence electrons. The van der Waals surface area contributed by atoms with Gasteiger partial charge in [-0.1, -0.05) is 47.5 Å². The zero-order valence-electron chi connectivity index (χ0n) is 26.9. The topological polar surface area (TPSA) is 115 Å². The van der Waals surface area contributed by atoms with Gasteiger partial charge in [0.15, 0.2) is 0 Å². The van der Waals surface area contributed by atoms with Crippen LogP contribution in [-0.2, 0) is 29.7 Å². The highest BCUT2D eigenvalue weighted by atomic mass is 35.5. The average molecular weight is 687 g/mol. The molecule has 0 bridgehead atoms. The van der Waals surface area contributed by atoms with Crippen molar-refractivity contribution in [1.29, 1.82) is 0 Å². The number of carbonyl (C=O) groups excluding carboxylic acids is 1. The first-order valence-corrected chi connectivity index (χ1v) is 16.9. The van der Waals surface area contributed by atoms with Crippen molar-refractivity contribution in [3.05, 3.63) is 82.2 Å². The predicted octanol–water partition coefficient (Wildman–Crippen LogP) is 5.93. The molecule has 0 radical (unpaired) electrons. The summed E-state index contributed by atoms with van der Waals surface area (Å²) in [4.78, 5) is 25.8. The minimum Gasteiger partial charge on any atom is -0.481 e. The van der Waals surface area contributed by atoms with Gasteiger partial charge in [-0.25, -0.2) is 4.98 Å². The summed E-state index contributed by atoms with van der Waals surface area (Å²) in [6, 6.07) is 13.8. The first-order valence-electron chi connectivity index (χ1n) is 16.1. The molecule has 5 aromatic rings. The molecule has 0 aliphatic carbocycles. The Labute approximate surface area is 289 Å². The van der Waals surface area contributed by atoms with Crippen molar-refractivity contribution in [3.63, 3.8) is 0 Å². The summed E-state index contributed by atoms with van der Waals surface area (Å²) < 4.78 is 13.3. The molecule has 2 fully saturated rings. The normalized spacial score (nSPS) is 17.5. The van der Waals surface area contributed by atoms with E-state index in [2.05, 4.69) is 37.8 Å². The Balaban J connectivity index is 1.12. The van der Waals surface area contributed by atoms with Crippen molar-refractivity contribution >= 4 is 40.1 Å². The van der Waals surface area contributed by atoms with E-state index in [-0.39, 0.29) is 11.9 Å².